The van der Waals surface area contributed by atoms with Gasteiger partial charge in [0.05, 0.1) is 22.2 Å². The number of ether oxygens (including phenoxy) is 1. The molecule has 0 fully saturated rings. The molecule has 0 unspecified atom stereocenters. The molecule has 0 amide bonds. The number of hydrazone groups is 1. The number of oxazole rings is 1. The number of aromatic amines is 1. The third-order valence-electron chi connectivity index (χ3n) is 4.26. The summed E-state index contributed by atoms with van der Waals surface area (Å²) < 4.78 is 47.7. The van der Waals surface area contributed by atoms with E-state index in [0.717, 1.165) is 12.1 Å². The number of halogens is 1. The Labute approximate surface area is 180 Å². The normalized spacial score (nSPS) is 11.7. The summed E-state index contributed by atoms with van der Waals surface area (Å²) in [6.45, 7) is 0. The maximum Gasteiger partial charge on any atom is 0.417 e. The second-order valence-electron chi connectivity index (χ2n) is 6.49. The van der Waals surface area contributed by atoms with E-state index in [1.165, 1.54) is 48.7 Å². The molecule has 2 N–H and O–H groups in total. The lowest BCUT2D eigenvalue weighted by atomic mass is 10.2. The molecule has 162 valence electrons. The number of hydrogen-bond donors (Lipinski definition) is 2. The summed E-state index contributed by atoms with van der Waals surface area (Å²) in [5, 5.41) is 3.71. The van der Waals surface area contributed by atoms with Crippen molar-refractivity contribution < 1.29 is 26.8 Å². The van der Waals surface area contributed by atoms with E-state index in [4.69, 9.17) is 9.15 Å². The molecule has 0 radical (unpaired) electrons. The van der Waals surface area contributed by atoms with Crippen LogP contribution in [0.4, 0.5) is 4.39 Å². The molecule has 4 rings (SSSR count). The number of H-pyrrole nitrogens is 1. The van der Waals surface area contributed by atoms with E-state index >= 15 is 0 Å². The number of esters is 1. The minimum absolute atomic E-state index is 0.104. The third kappa shape index (κ3) is 4.73. The van der Waals surface area contributed by atoms with E-state index in [2.05, 4.69) is 14.9 Å². The Balaban J connectivity index is 1.40. The average Bonchev–Trinajstić information content (AvgIpc) is 3.14. The molecule has 1 heterocycles. The minimum atomic E-state index is -3.99. The molecule has 1 aromatic heterocycles. The number of nitrogens with one attached hydrogen (secondary N) is 2. The first-order valence-corrected chi connectivity index (χ1v) is 10.5. The molecule has 0 aliphatic rings. The predicted molar refractivity (Wildman–Crippen MR) is 113 cm³/mol. The molecule has 0 aliphatic heterocycles. The Morgan fingerprint density at radius 1 is 1.06 bits per heavy atom. The standard InChI is InChI=1S/C21H14FN3O6S/c22-15-5-3-14(4-6-15)20(26)30-16-7-1-13(2-8-16)12-23-25-32(28,29)17-9-10-18-19(11-17)31-21(27)24-18/h1-12,25H,(H,24,27)/b23-12+. The maximum absolute atomic E-state index is 12.9. The predicted octanol–water partition coefficient (Wildman–Crippen LogP) is 2.79. The summed E-state index contributed by atoms with van der Waals surface area (Å²) in [4.78, 5) is 27.6. The van der Waals surface area contributed by atoms with Gasteiger partial charge in [0.15, 0.2) is 5.58 Å². The molecule has 0 aliphatic carbocycles. The van der Waals surface area contributed by atoms with E-state index in [1.807, 2.05) is 0 Å². The number of carbonyl (C=O) groups is 1. The van der Waals surface area contributed by atoms with Crippen molar-refractivity contribution in [2.24, 2.45) is 5.10 Å². The van der Waals surface area contributed by atoms with Gasteiger partial charge in [-0.2, -0.15) is 13.5 Å². The van der Waals surface area contributed by atoms with Gasteiger partial charge in [-0.05, 0) is 66.2 Å². The molecule has 0 atom stereocenters. The van der Waals surface area contributed by atoms with Crippen LogP contribution in [0.25, 0.3) is 11.1 Å². The van der Waals surface area contributed by atoms with Gasteiger partial charge in [-0.25, -0.2) is 18.8 Å². The summed E-state index contributed by atoms with van der Waals surface area (Å²) in [5.41, 5.74) is 1.20. The van der Waals surface area contributed by atoms with Crippen LogP contribution in [0, 0.1) is 5.82 Å². The fraction of sp³-hybridized carbons (Fsp3) is 0. The van der Waals surface area contributed by atoms with Crippen molar-refractivity contribution in [3.8, 4) is 5.75 Å². The van der Waals surface area contributed by atoms with Gasteiger partial charge in [-0.15, -0.1) is 0 Å². The number of aromatic nitrogens is 1. The molecule has 9 nitrogen and oxygen atoms in total. The zero-order chi connectivity index (χ0) is 22.7. The van der Waals surface area contributed by atoms with Gasteiger partial charge in [-0.1, -0.05) is 0 Å². The SMILES string of the molecule is O=C(Oc1ccc(/C=N/NS(=O)(=O)c2ccc3[nH]c(=O)oc3c2)cc1)c1ccc(F)cc1. The molecule has 0 saturated heterocycles. The van der Waals surface area contributed by atoms with Gasteiger partial charge in [-0.3, -0.25) is 4.98 Å². The van der Waals surface area contributed by atoms with Gasteiger partial charge in [0.1, 0.15) is 11.6 Å². The second kappa shape index (κ2) is 8.47. The van der Waals surface area contributed by atoms with E-state index in [9.17, 15) is 22.4 Å². The molecule has 0 bridgehead atoms. The van der Waals surface area contributed by atoms with Crippen LogP contribution in [0.5, 0.6) is 5.75 Å². The molecule has 0 saturated carbocycles. The van der Waals surface area contributed by atoms with Crippen LogP contribution in [-0.4, -0.2) is 25.6 Å². The molecular formula is C21H14FN3O6S. The smallest absolute Gasteiger partial charge is 0.417 e. The van der Waals surface area contributed by atoms with Crippen LogP contribution in [0.3, 0.4) is 0 Å². The topological polar surface area (TPSA) is 131 Å². The Bertz CT molecular complexity index is 1470. The van der Waals surface area contributed by atoms with Crippen LogP contribution in [0.2, 0.25) is 0 Å². The second-order valence-corrected chi connectivity index (χ2v) is 8.15. The Hall–Kier alpha value is -4.25. The maximum atomic E-state index is 12.9. The molecule has 3 aromatic carbocycles. The molecule has 32 heavy (non-hydrogen) atoms. The third-order valence-corrected chi connectivity index (χ3v) is 5.48. The highest BCUT2D eigenvalue weighted by molar-refractivity contribution is 7.89. The van der Waals surface area contributed by atoms with E-state index in [1.54, 1.807) is 12.1 Å². The molecular weight excluding hydrogens is 441 g/mol. The van der Waals surface area contributed by atoms with Crippen LogP contribution in [0.1, 0.15) is 15.9 Å². The number of fused-ring (bicyclic) bond motifs is 1. The highest BCUT2D eigenvalue weighted by atomic mass is 32.2. The number of sulfonamides is 1. The van der Waals surface area contributed by atoms with Crippen LogP contribution >= 0.6 is 0 Å². The monoisotopic (exact) mass is 455 g/mol. The Morgan fingerprint density at radius 2 is 1.78 bits per heavy atom. The van der Waals surface area contributed by atoms with Crippen LogP contribution in [-0.2, 0) is 10.0 Å². The minimum Gasteiger partial charge on any atom is -0.423 e. The van der Waals surface area contributed by atoms with Gasteiger partial charge in [0.2, 0.25) is 0 Å². The lowest BCUT2D eigenvalue weighted by molar-refractivity contribution is 0.0734. The largest absolute Gasteiger partial charge is 0.423 e. The number of rotatable bonds is 6. The quantitative estimate of drug-likeness (QED) is 0.199. The Kier molecular flexibility index (Phi) is 5.56. The number of carbonyl (C=O) groups excluding carboxylic acids is 1. The van der Waals surface area contributed by atoms with Crippen LogP contribution in [0.15, 0.2) is 85.9 Å². The molecule has 4 aromatic rings. The van der Waals surface area contributed by atoms with Crippen molar-refractivity contribution in [2.75, 3.05) is 0 Å². The van der Waals surface area contributed by atoms with Crippen molar-refractivity contribution >= 4 is 33.3 Å². The zero-order valence-corrected chi connectivity index (χ0v) is 16.9. The highest BCUT2D eigenvalue weighted by Gasteiger charge is 2.15. The van der Waals surface area contributed by atoms with Crippen molar-refractivity contribution in [1.29, 1.82) is 0 Å². The van der Waals surface area contributed by atoms with E-state index in [-0.39, 0.29) is 21.8 Å². The Morgan fingerprint density at radius 3 is 2.50 bits per heavy atom. The summed E-state index contributed by atoms with van der Waals surface area (Å²) in [6.07, 6.45) is 1.26. The zero-order valence-electron chi connectivity index (χ0n) is 16.1. The van der Waals surface area contributed by atoms with Crippen molar-refractivity contribution in [3.63, 3.8) is 0 Å². The number of hydrogen-bond acceptors (Lipinski definition) is 7. The number of nitrogens with zero attached hydrogens (tertiary/aromatic N) is 1. The van der Waals surface area contributed by atoms with E-state index < -0.39 is 27.6 Å². The first-order valence-electron chi connectivity index (χ1n) is 9.06. The van der Waals surface area contributed by atoms with E-state index in [0.29, 0.717) is 11.1 Å². The van der Waals surface area contributed by atoms with Crippen molar-refractivity contribution in [1.82, 2.24) is 9.82 Å². The van der Waals surface area contributed by atoms with Gasteiger partial charge < -0.3 is 9.15 Å². The van der Waals surface area contributed by atoms with Gasteiger partial charge in [0, 0.05) is 6.07 Å². The summed E-state index contributed by atoms with van der Waals surface area (Å²) in [5.74, 6) is -1.54. The summed E-state index contributed by atoms with van der Waals surface area (Å²) >= 11 is 0. The molecule has 0 spiro atoms. The fourth-order valence-electron chi connectivity index (χ4n) is 2.69. The summed E-state index contributed by atoms with van der Waals surface area (Å²) in [6, 6.07) is 15.0. The highest BCUT2D eigenvalue weighted by Crippen LogP contribution is 2.17. The van der Waals surface area contributed by atoms with Crippen molar-refractivity contribution in [2.45, 2.75) is 4.90 Å². The molecule has 11 heteroatoms. The van der Waals surface area contributed by atoms with Gasteiger partial charge in [0.25, 0.3) is 10.0 Å². The fourth-order valence-corrected chi connectivity index (χ4v) is 3.50. The summed E-state index contributed by atoms with van der Waals surface area (Å²) in [7, 11) is -3.99. The average molecular weight is 455 g/mol. The van der Waals surface area contributed by atoms with Crippen molar-refractivity contribution in [3.05, 3.63) is 94.2 Å². The first-order chi connectivity index (χ1) is 15.3. The first kappa shape index (κ1) is 21.0. The lowest BCUT2D eigenvalue weighted by Gasteiger charge is -2.05. The van der Waals surface area contributed by atoms with Crippen LogP contribution < -0.4 is 15.3 Å². The number of benzene rings is 3. The van der Waals surface area contributed by atoms with Gasteiger partial charge >= 0.3 is 11.7 Å². The lowest BCUT2D eigenvalue weighted by Crippen LogP contribution is -2.18.